The summed E-state index contributed by atoms with van der Waals surface area (Å²) < 4.78 is 0. The molecule has 2 N–H and O–H groups in total. The van der Waals surface area contributed by atoms with E-state index in [0.717, 1.165) is 18.5 Å². The lowest BCUT2D eigenvalue weighted by Gasteiger charge is -2.31. The molecule has 0 aromatic carbocycles. The van der Waals surface area contributed by atoms with Gasteiger partial charge in [0.1, 0.15) is 0 Å². The standard InChI is InChI=1S/C13H26N2O/c1-10(2)13-4-3-7-15(13)8-12(9-16)14-11-5-6-11/h10-14,16H,3-9H2,1-2H3. The molecule has 3 heteroatoms. The Bertz CT molecular complexity index is 216. The molecule has 0 bridgehead atoms. The van der Waals surface area contributed by atoms with E-state index in [4.69, 9.17) is 0 Å². The van der Waals surface area contributed by atoms with Crippen LogP contribution in [0.1, 0.15) is 39.5 Å². The molecule has 94 valence electrons. The molecule has 0 aromatic rings. The van der Waals surface area contributed by atoms with E-state index in [0.29, 0.717) is 6.04 Å². The fourth-order valence-electron chi connectivity index (χ4n) is 2.86. The van der Waals surface area contributed by atoms with Crippen LogP contribution in [0.2, 0.25) is 0 Å². The van der Waals surface area contributed by atoms with Gasteiger partial charge in [0.25, 0.3) is 0 Å². The normalized spacial score (nSPS) is 28.9. The molecule has 2 unspecified atom stereocenters. The summed E-state index contributed by atoms with van der Waals surface area (Å²) in [5, 5.41) is 12.9. The first-order valence-corrected chi connectivity index (χ1v) is 6.81. The van der Waals surface area contributed by atoms with Gasteiger partial charge in [-0.3, -0.25) is 4.90 Å². The summed E-state index contributed by atoms with van der Waals surface area (Å²) >= 11 is 0. The molecule has 16 heavy (non-hydrogen) atoms. The zero-order valence-corrected chi connectivity index (χ0v) is 10.7. The molecule has 0 radical (unpaired) electrons. The third kappa shape index (κ3) is 3.19. The maximum atomic E-state index is 9.40. The average molecular weight is 226 g/mol. The van der Waals surface area contributed by atoms with Crippen LogP contribution in [0.3, 0.4) is 0 Å². The van der Waals surface area contributed by atoms with E-state index < -0.39 is 0 Å². The quantitative estimate of drug-likeness (QED) is 0.715. The lowest BCUT2D eigenvalue weighted by Crippen LogP contribution is -2.46. The maximum absolute atomic E-state index is 9.40. The lowest BCUT2D eigenvalue weighted by atomic mass is 10.0. The minimum atomic E-state index is 0.276. The highest BCUT2D eigenvalue weighted by Gasteiger charge is 2.30. The third-order valence-corrected chi connectivity index (χ3v) is 3.91. The lowest BCUT2D eigenvalue weighted by molar-refractivity contribution is 0.151. The fraction of sp³-hybridized carbons (Fsp3) is 1.00. The summed E-state index contributed by atoms with van der Waals surface area (Å²) in [4.78, 5) is 2.57. The third-order valence-electron chi connectivity index (χ3n) is 3.91. The summed E-state index contributed by atoms with van der Waals surface area (Å²) in [6.07, 6.45) is 5.25. The number of hydrogen-bond donors (Lipinski definition) is 2. The molecule has 0 amide bonds. The van der Waals surface area contributed by atoms with Crippen molar-refractivity contribution in [2.75, 3.05) is 19.7 Å². The zero-order valence-electron chi connectivity index (χ0n) is 10.7. The topological polar surface area (TPSA) is 35.5 Å². The second-order valence-electron chi connectivity index (χ2n) is 5.77. The first-order valence-electron chi connectivity index (χ1n) is 6.81. The van der Waals surface area contributed by atoms with Crippen molar-refractivity contribution in [3.63, 3.8) is 0 Å². The second-order valence-corrected chi connectivity index (χ2v) is 5.77. The van der Waals surface area contributed by atoms with Gasteiger partial charge >= 0.3 is 0 Å². The molecule has 2 fully saturated rings. The van der Waals surface area contributed by atoms with E-state index in [-0.39, 0.29) is 12.6 Å². The Kier molecular flexibility index (Phi) is 4.22. The van der Waals surface area contributed by atoms with Gasteiger partial charge in [-0.05, 0) is 38.1 Å². The number of hydrogen-bond acceptors (Lipinski definition) is 3. The fourth-order valence-corrected chi connectivity index (χ4v) is 2.86. The highest BCUT2D eigenvalue weighted by Crippen LogP contribution is 2.24. The Labute approximate surface area is 99.2 Å². The molecular formula is C13H26N2O. The minimum absolute atomic E-state index is 0.276. The van der Waals surface area contributed by atoms with Crippen molar-refractivity contribution in [2.24, 2.45) is 5.92 Å². The van der Waals surface area contributed by atoms with E-state index in [9.17, 15) is 5.11 Å². The Hall–Kier alpha value is -0.120. The Morgan fingerprint density at radius 3 is 2.62 bits per heavy atom. The molecule has 2 rings (SSSR count). The number of rotatable bonds is 6. The molecule has 3 nitrogen and oxygen atoms in total. The molecule has 0 spiro atoms. The molecule has 1 heterocycles. The SMILES string of the molecule is CC(C)C1CCCN1CC(CO)NC1CC1. The van der Waals surface area contributed by atoms with E-state index in [1.165, 1.54) is 32.2 Å². The van der Waals surface area contributed by atoms with E-state index in [1.54, 1.807) is 0 Å². The summed E-state index contributed by atoms with van der Waals surface area (Å²) in [6.45, 7) is 7.13. The van der Waals surface area contributed by atoms with Crippen molar-refractivity contribution < 1.29 is 5.11 Å². The minimum Gasteiger partial charge on any atom is -0.395 e. The molecule has 1 saturated carbocycles. The van der Waals surface area contributed by atoms with E-state index in [2.05, 4.69) is 24.1 Å². The molecule has 1 saturated heterocycles. The van der Waals surface area contributed by atoms with Gasteiger partial charge in [0.05, 0.1) is 6.61 Å². The predicted molar refractivity (Wildman–Crippen MR) is 66.5 cm³/mol. The van der Waals surface area contributed by atoms with Crippen LogP contribution >= 0.6 is 0 Å². The molecular weight excluding hydrogens is 200 g/mol. The van der Waals surface area contributed by atoms with Gasteiger partial charge in [-0.25, -0.2) is 0 Å². The average Bonchev–Trinajstić information content (AvgIpc) is 2.93. The number of aliphatic hydroxyl groups excluding tert-OH is 1. The van der Waals surface area contributed by atoms with Gasteiger partial charge in [0.15, 0.2) is 0 Å². The summed E-state index contributed by atoms with van der Waals surface area (Å²) in [5.74, 6) is 0.739. The van der Waals surface area contributed by atoms with E-state index in [1.807, 2.05) is 0 Å². The summed E-state index contributed by atoms with van der Waals surface area (Å²) in [6, 6.07) is 1.71. The highest BCUT2D eigenvalue weighted by atomic mass is 16.3. The molecule has 1 aliphatic heterocycles. The Balaban J connectivity index is 1.80. The second kappa shape index (κ2) is 5.48. The number of nitrogens with one attached hydrogen (secondary N) is 1. The molecule has 2 atom stereocenters. The first kappa shape index (κ1) is 12.3. The number of likely N-dealkylation sites (tertiary alicyclic amines) is 1. The van der Waals surface area contributed by atoms with Gasteiger partial charge < -0.3 is 10.4 Å². The van der Waals surface area contributed by atoms with Gasteiger partial charge in [0, 0.05) is 24.7 Å². The van der Waals surface area contributed by atoms with Crippen LogP contribution < -0.4 is 5.32 Å². The number of nitrogens with zero attached hydrogens (tertiary/aromatic N) is 1. The summed E-state index contributed by atoms with van der Waals surface area (Å²) in [7, 11) is 0. The van der Waals surface area contributed by atoms with Gasteiger partial charge in [-0.15, -0.1) is 0 Å². The largest absolute Gasteiger partial charge is 0.395 e. The maximum Gasteiger partial charge on any atom is 0.0597 e. The van der Waals surface area contributed by atoms with Gasteiger partial charge in [-0.2, -0.15) is 0 Å². The van der Waals surface area contributed by atoms with Crippen LogP contribution in [-0.4, -0.2) is 47.8 Å². The molecule has 1 aliphatic carbocycles. The Morgan fingerprint density at radius 2 is 2.06 bits per heavy atom. The van der Waals surface area contributed by atoms with Crippen LogP contribution in [0.4, 0.5) is 0 Å². The highest BCUT2D eigenvalue weighted by molar-refractivity contribution is 4.89. The van der Waals surface area contributed by atoms with Crippen LogP contribution in [0, 0.1) is 5.92 Å². The Morgan fingerprint density at radius 1 is 1.31 bits per heavy atom. The summed E-state index contributed by atoms with van der Waals surface area (Å²) in [5.41, 5.74) is 0. The van der Waals surface area contributed by atoms with Crippen LogP contribution in [-0.2, 0) is 0 Å². The van der Waals surface area contributed by atoms with Crippen molar-refractivity contribution in [3.05, 3.63) is 0 Å². The van der Waals surface area contributed by atoms with Crippen molar-refractivity contribution in [1.82, 2.24) is 10.2 Å². The van der Waals surface area contributed by atoms with Crippen LogP contribution in [0.25, 0.3) is 0 Å². The van der Waals surface area contributed by atoms with Crippen molar-refractivity contribution in [2.45, 2.75) is 57.7 Å². The van der Waals surface area contributed by atoms with E-state index >= 15 is 0 Å². The molecule has 0 aromatic heterocycles. The van der Waals surface area contributed by atoms with Crippen LogP contribution in [0.15, 0.2) is 0 Å². The van der Waals surface area contributed by atoms with Gasteiger partial charge in [0.2, 0.25) is 0 Å². The first-order chi connectivity index (χ1) is 7.70. The van der Waals surface area contributed by atoms with Crippen molar-refractivity contribution in [1.29, 1.82) is 0 Å². The number of aliphatic hydroxyl groups is 1. The van der Waals surface area contributed by atoms with Crippen molar-refractivity contribution >= 4 is 0 Å². The van der Waals surface area contributed by atoms with Gasteiger partial charge in [-0.1, -0.05) is 13.8 Å². The smallest absolute Gasteiger partial charge is 0.0597 e. The monoisotopic (exact) mass is 226 g/mol. The van der Waals surface area contributed by atoms with Crippen LogP contribution in [0.5, 0.6) is 0 Å². The van der Waals surface area contributed by atoms with Crippen molar-refractivity contribution in [3.8, 4) is 0 Å². The molecule has 2 aliphatic rings. The predicted octanol–water partition coefficient (Wildman–Crippen LogP) is 1.22. The zero-order chi connectivity index (χ0) is 11.5.